The number of alkyl halides is 3. The van der Waals surface area contributed by atoms with Crippen LogP contribution in [0.25, 0.3) is 5.82 Å². The van der Waals surface area contributed by atoms with Crippen LogP contribution in [0, 0.1) is 12.7 Å². The third-order valence-electron chi connectivity index (χ3n) is 4.71. The van der Waals surface area contributed by atoms with Crippen LogP contribution in [0.1, 0.15) is 35.7 Å². The van der Waals surface area contributed by atoms with Gasteiger partial charge >= 0.3 is 11.9 Å². The zero-order chi connectivity index (χ0) is 26.1. The van der Waals surface area contributed by atoms with Crippen LogP contribution in [0.5, 0.6) is 5.88 Å². The molecule has 0 aliphatic heterocycles. The molecule has 2 N–H and O–H groups in total. The number of anilines is 1. The first-order valence-corrected chi connectivity index (χ1v) is 10.3. The zero-order valence-electron chi connectivity index (χ0n) is 18.4. The molecule has 0 saturated carbocycles. The van der Waals surface area contributed by atoms with E-state index in [0.717, 1.165) is 10.9 Å². The molecular weight excluding hydrogens is 502 g/mol. The number of ether oxygens (including phenoxy) is 1. The molecule has 0 aliphatic rings. The molecule has 3 aromatic heterocycles. The van der Waals surface area contributed by atoms with Gasteiger partial charge in [-0.1, -0.05) is 11.6 Å². The first-order valence-electron chi connectivity index (χ1n) is 9.91. The number of pyridine rings is 1. The van der Waals surface area contributed by atoms with Gasteiger partial charge in [-0.15, -0.1) is 5.10 Å². The number of aromatic nitrogens is 6. The maximum Gasteiger partial charge on any atom is 0.425 e. The maximum absolute atomic E-state index is 15.0. The normalized spacial score (nSPS) is 12.5. The summed E-state index contributed by atoms with van der Waals surface area (Å²) in [6.07, 6.45) is -6.23. The van der Waals surface area contributed by atoms with Crippen LogP contribution in [-0.4, -0.2) is 52.6 Å². The fourth-order valence-corrected chi connectivity index (χ4v) is 2.97. The van der Waals surface area contributed by atoms with Crippen molar-refractivity contribution >= 4 is 23.3 Å². The predicted octanol–water partition coefficient (Wildman–Crippen LogP) is 2.41. The lowest BCUT2D eigenvalue weighted by Gasteiger charge is -2.19. The van der Waals surface area contributed by atoms with E-state index in [9.17, 15) is 27.9 Å². The quantitative estimate of drug-likeness (QED) is 0.454. The molecule has 0 aliphatic carbocycles. The maximum atomic E-state index is 15.0. The summed E-state index contributed by atoms with van der Waals surface area (Å²) >= 11 is 6.03. The van der Waals surface area contributed by atoms with Crippen molar-refractivity contribution in [1.29, 1.82) is 0 Å². The molecule has 1 unspecified atom stereocenters. The number of nitrogens with zero attached hydrogens (tertiary/aromatic N) is 6. The summed E-state index contributed by atoms with van der Waals surface area (Å²) in [7, 11) is 0. The van der Waals surface area contributed by atoms with Gasteiger partial charge in [0.15, 0.2) is 29.4 Å². The molecule has 0 spiro atoms. The fourth-order valence-electron chi connectivity index (χ4n) is 2.83. The topological polar surface area (TPSA) is 137 Å². The minimum atomic E-state index is -4.86. The van der Waals surface area contributed by atoms with Gasteiger partial charge in [0.25, 0.3) is 5.91 Å². The Balaban J connectivity index is 2.14. The van der Waals surface area contributed by atoms with E-state index < -0.39 is 53.6 Å². The summed E-state index contributed by atoms with van der Waals surface area (Å²) in [6.45, 7) is 3.11. The number of nitrogens with one attached hydrogen (secondary N) is 1. The number of hydrogen-bond donors (Lipinski definition) is 2. The van der Waals surface area contributed by atoms with Crippen molar-refractivity contribution in [1.82, 2.24) is 29.3 Å². The van der Waals surface area contributed by atoms with Crippen molar-refractivity contribution in [3.05, 3.63) is 50.8 Å². The number of aliphatic hydroxyl groups is 1. The molecule has 0 aromatic carbocycles. The summed E-state index contributed by atoms with van der Waals surface area (Å²) in [5.74, 6) is -4.52. The van der Waals surface area contributed by atoms with Crippen LogP contribution in [0.3, 0.4) is 0 Å². The number of carbonyl (C=O) groups excluding carboxylic acids is 1. The second-order valence-corrected chi connectivity index (χ2v) is 7.41. The Morgan fingerprint density at radius 2 is 2.03 bits per heavy atom. The Morgan fingerprint density at radius 3 is 2.60 bits per heavy atom. The van der Waals surface area contributed by atoms with Gasteiger partial charge in [0.2, 0.25) is 5.88 Å². The van der Waals surface area contributed by atoms with Crippen molar-refractivity contribution in [3.8, 4) is 11.7 Å². The molecule has 3 rings (SSSR count). The van der Waals surface area contributed by atoms with Crippen molar-refractivity contribution in [3.63, 3.8) is 0 Å². The van der Waals surface area contributed by atoms with Crippen LogP contribution in [0.4, 0.5) is 23.4 Å². The number of carbonyl (C=O) groups is 1. The van der Waals surface area contributed by atoms with Gasteiger partial charge in [0.05, 0.1) is 5.69 Å². The summed E-state index contributed by atoms with van der Waals surface area (Å²) < 4.78 is 60.8. The van der Waals surface area contributed by atoms with Crippen LogP contribution in [-0.2, 0) is 13.2 Å². The molecular formula is C19H18ClF4N7O4. The van der Waals surface area contributed by atoms with E-state index in [1.807, 2.05) is 0 Å². The molecule has 1 atom stereocenters. The highest BCUT2D eigenvalue weighted by Crippen LogP contribution is 2.29. The Labute approximate surface area is 199 Å². The molecule has 0 bridgehead atoms. The van der Waals surface area contributed by atoms with E-state index in [-0.39, 0.29) is 23.2 Å². The van der Waals surface area contributed by atoms with Gasteiger partial charge in [0, 0.05) is 6.54 Å². The van der Waals surface area contributed by atoms with E-state index >= 15 is 4.39 Å². The lowest BCUT2D eigenvalue weighted by atomic mass is 10.2. The number of aryl methyl sites for hydroxylation is 1. The highest BCUT2D eigenvalue weighted by molar-refractivity contribution is 6.34. The largest absolute Gasteiger partial charge is 0.464 e. The van der Waals surface area contributed by atoms with Gasteiger partial charge in [-0.3, -0.25) is 9.36 Å². The van der Waals surface area contributed by atoms with Crippen molar-refractivity contribution in [2.75, 3.05) is 5.32 Å². The van der Waals surface area contributed by atoms with E-state index in [0.29, 0.717) is 23.4 Å². The van der Waals surface area contributed by atoms with Crippen molar-refractivity contribution < 1.29 is 32.2 Å². The van der Waals surface area contributed by atoms with E-state index in [1.54, 1.807) is 6.92 Å². The van der Waals surface area contributed by atoms with Crippen LogP contribution in [0.15, 0.2) is 17.2 Å². The SMILES string of the molecule is CCn1c(CO)nn(-c2nc(OC(C)C(F)(F)F)c(C(=O)Nc3ncnc(C)c3Cl)cc2F)c1=O. The molecule has 3 aromatic rings. The average Bonchev–Trinajstić information content (AvgIpc) is 3.12. The molecule has 11 nitrogen and oxygen atoms in total. The molecule has 35 heavy (non-hydrogen) atoms. The van der Waals surface area contributed by atoms with Crippen molar-refractivity contribution in [2.45, 2.75) is 46.2 Å². The Morgan fingerprint density at radius 1 is 1.34 bits per heavy atom. The number of rotatable bonds is 7. The number of aliphatic hydroxyl groups excluding tert-OH is 1. The van der Waals surface area contributed by atoms with Gasteiger partial charge in [-0.05, 0) is 26.8 Å². The van der Waals surface area contributed by atoms with E-state index in [1.165, 1.54) is 6.92 Å². The first kappa shape index (κ1) is 26.0. The van der Waals surface area contributed by atoms with E-state index in [2.05, 4.69) is 25.4 Å². The third kappa shape index (κ3) is 5.24. The zero-order valence-corrected chi connectivity index (χ0v) is 19.1. The molecule has 16 heteroatoms. The van der Waals surface area contributed by atoms with Gasteiger partial charge in [-0.25, -0.2) is 19.2 Å². The summed E-state index contributed by atoms with van der Waals surface area (Å²) in [5, 5.41) is 15.3. The van der Waals surface area contributed by atoms with Crippen molar-refractivity contribution in [2.24, 2.45) is 0 Å². The lowest BCUT2D eigenvalue weighted by Crippen LogP contribution is -2.33. The molecule has 0 saturated heterocycles. The molecule has 3 heterocycles. The first-order chi connectivity index (χ1) is 16.4. The Kier molecular flexibility index (Phi) is 7.40. The Hall–Kier alpha value is -3.59. The second kappa shape index (κ2) is 9.95. The van der Waals surface area contributed by atoms with Gasteiger partial charge in [0.1, 0.15) is 23.5 Å². The molecule has 0 fully saturated rings. The highest BCUT2D eigenvalue weighted by Gasteiger charge is 2.39. The lowest BCUT2D eigenvalue weighted by molar-refractivity contribution is -0.190. The highest BCUT2D eigenvalue weighted by atomic mass is 35.5. The minimum absolute atomic E-state index is 0.0507. The Bertz CT molecular complexity index is 1330. The van der Waals surface area contributed by atoms with Crippen LogP contribution < -0.4 is 15.7 Å². The van der Waals surface area contributed by atoms with E-state index in [4.69, 9.17) is 16.3 Å². The number of hydrogen-bond acceptors (Lipinski definition) is 8. The molecule has 188 valence electrons. The number of halogens is 5. The summed E-state index contributed by atoms with van der Waals surface area (Å²) in [5.41, 5.74) is -1.36. The fraction of sp³-hybridized carbons (Fsp3) is 0.368. The van der Waals surface area contributed by atoms with Crippen LogP contribution >= 0.6 is 11.6 Å². The monoisotopic (exact) mass is 519 g/mol. The predicted molar refractivity (Wildman–Crippen MR) is 113 cm³/mol. The number of amides is 1. The molecule has 0 radical (unpaired) electrons. The second-order valence-electron chi connectivity index (χ2n) is 7.04. The molecule has 1 amide bonds. The average molecular weight is 520 g/mol. The standard InChI is InChI=1S/C19H18ClF4N7O4/c1-4-30-12(6-32)29-31(18(30)34)15-11(21)5-10(17(28-15)35-9(3)19(22,23)24)16(33)27-14-13(20)8(2)25-7-26-14/h5,7,9,32H,4,6H2,1-3H3,(H,25,26,27,33). The van der Waals surface area contributed by atoms with Crippen LogP contribution in [0.2, 0.25) is 5.02 Å². The van der Waals surface area contributed by atoms with Gasteiger partial charge < -0.3 is 15.2 Å². The van der Waals surface area contributed by atoms with Gasteiger partial charge in [-0.2, -0.15) is 22.8 Å². The summed E-state index contributed by atoms with van der Waals surface area (Å²) in [4.78, 5) is 36.7. The summed E-state index contributed by atoms with van der Waals surface area (Å²) in [6, 6.07) is 0.536. The third-order valence-corrected chi connectivity index (χ3v) is 5.16. The smallest absolute Gasteiger partial charge is 0.425 e. The minimum Gasteiger partial charge on any atom is -0.464 e.